The monoisotopic (exact) mass is 322 g/mol. The maximum atomic E-state index is 12.8. The Hall–Kier alpha value is -2.59. The molecule has 1 heterocycles. The number of thiophene rings is 1. The topological polar surface area (TPSA) is 32.3 Å². The van der Waals surface area contributed by atoms with Crippen molar-refractivity contribution >= 4 is 28.6 Å². The van der Waals surface area contributed by atoms with E-state index < -0.39 is 0 Å². The van der Waals surface area contributed by atoms with Gasteiger partial charge in [-0.25, -0.2) is 0 Å². The van der Waals surface area contributed by atoms with Crippen molar-refractivity contribution in [3.63, 3.8) is 0 Å². The summed E-state index contributed by atoms with van der Waals surface area (Å²) in [5, 5.41) is 7.42. The Labute approximate surface area is 140 Å². The smallest absolute Gasteiger partial charge is 0.256 e. The van der Waals surface area contributed by atoms with Crippen LogP contribution in [0.4, 0.5) is 11.4 Å². The molecule has 2 aromatic carbocycles. The molecule has 0 radical (unpaired) electrons. The highest BCUT2D eigenvalue weighted by Crippen LogP contribution is 2.22. The number of rotatable bonds is 5. The van der Waals surface area contributed by atoms with Crippen LogP contribution in [0.5, 0.6) is 0 Å². The molecule has 0 bridgehead atoms. The minimum absolute atomic E-state index is 0.00947. The molecule has 116 valence electrons. The molecule has 0 saturated heterocycles. The summed E-state index contributed by atoms with van der Waals surface area (Å²) < 4.78 is 0. The fourth-order valence-electron chi connectivity index (χ4n) is 2.39. The number of nitrogens with one attached hydrogen (secondary N) is 1. The second-order valence-corrected chi connectivity index (χ2v) is 6.11. The van der Waals surface area contributed by atoms with Gasteiger partial charge in [-0.1, -0.05) is 30.3 Å². The van der Waals surface area contributed by atoms with E-state index in [1.54, 1.807) is 16.2 Å². The first-order valence-corrected chi connectivity index (χ1v) is 8.36. The van der Waals surface area contributed by atoms with E-state index in [9.17, 15) is 4.79 Å². The lowest BCUT2D eigenvalue weighted by Crippen LogP contribution is -2.26. The third kappa shape index (κ3) is 3.79. The maximum Gasteiger partial charge on any atom is 0.256 e. The predicted molar refractivity (Wildman–Crippen MR) is 96.3 cm³/mol. The van der Waals surface area contributed by atoms with Gasteiger partial charge in [-0.15, -0.1) is 0 Å². The van der Waals surface area contributed by atoms with Crippen LogP contribution in [0.3, 0.4) is 0 Å². The number of anilines is 2. The molecule has 3 rings (SSSR count). The van der Waals surface area contributed by atoms with E-state index in [2.05, 4.69) is 10.7 Å². The average Bonchev–Trinajstić information content (AvgIpc) is 3.08. The average molecular weight is 322 g/mol. The quantitative estimate of drug-likeness (QED) is 0.734. The molecular weight excluding hydrogens is 304 g/mol. The van der Waals surface area contributed by atoms with Crippen molar-refractivity contribution in [2.75, 3.05) is 12.4 Å². The maximum absolute atomic E-state index is 12.8. The van der Waals surface area contributed by atoms with Gasteiger partial charge in [0.15, 0.2) is 0 Å². The van der Waals surface area contributed by atoms with Gasteiger partial charge in [-0.05, 0) is 46.7 Å². The summed E-state index contributed by atoms with van der Waals surface area (Å²) in [7, 11) is 1.83. The summed E-state index contributed by atoms with van der Waals surface area (Å²) in [6.45, 7) is 0.613. The van der Waals surface area contributed by atoms with Crippen LogP contribution < -0.4 is 5.32 Å². The Kier molecular flexibility index (Phi) is 4.74. The molecule has 23 heavy (non-hydrogen) atoms. The zero-order valence-electron chi connectivity index (χ0n) is 12.9. The first-order chi connectivity index (χ1) is 11.2. The number of benzene rings is 2. The Morgan fingerprint density at radius 2 is 1.78 bits per heavy atom. The van der Waals surface area contributed by atoms with Crippen molar-refractivity contribution in [2.24, 2.45) is 0 Å². The van der Waals surface area contributed by atoms with Gasteiger partial charge in [0.05, 0.1) is 11.3 Å². The van der Waals surface area contributed by atoms with Crippen LogP contribution in [0.25, 0.3) is 0 Å². The Morgan fingerprint density at radius 3 is 2.52 bits per heavy atom. The number of carbonyl (C=O) groups is 1. The van der Waals surface area contributed by atoms with Crippen LogP contribution in [-0.4, -0.2) is 17.9 Å². The molecule has 1 amide bonds. The zero-order valence-corrected chi connectivity index (χ0v) is 13.7. The van der Waals surface area contributed by atoms with Crippen molar-refractivity contribution < 1.29 is 4.79 Å². The van der Waals surface area contributed by atoms with Crippen LogP contribution >= 0.6 is 11.3 Å². The molecule has 0 atom stereocenters. The SMILES string of the molecule is CN(Cc1ccsc1)C(=O)c1ccccc1Nc1ccccc1. The molecule has 0 aliphatic rings. The summed E-state index contributed by atoms with van der Waals surface area (Å²) in [5.74, 6) is 0.00947. The van der Waals surface area contributed by atoms with Gasteiger partial charge in [0.2, 0.25) is 0 Å². The number of hydrogen-bond donors (Lipinski definition) is 1. The number of hydrogen-bond acceptors (Lipinski definition) is 3. The van der Waals surface area contributed by atoms with Crippen LogP contribution in [0.15, 0.2) is 71.4 Å². The number of carbonyl (C=O) groups excluding carboxylic acids is 1. The number of amides is 1. The molecular formula is C19H18N2OS. The third-order valence-electron chi connectivity index (χ3n) is 3.56. The van der Waals surface area contributed by atoms with E-state index in [1.165, 1.54) is 0 Å². The summed E-state index contributed by atoms with van der Waals surface area (Å²) in [5.41, 5.74) is 3.61. The molecule has 0 spiro atoms. The molecule has 1 aromatic heterocycles. The second-order valence-electron chi connectivity index (χ2n) is 5.33. The minimum atomic E-state index is 0.00947. The molecule has 4 heteroatoms. The predicted octanol–water partition coefficient (Wildman–Crippen LogP) is 4.76. The molecule has 0 fully saturated rings. The van der Waals surface area contributed by atoms with Gasteiger partial charge in [-0.2, -0.15) is 11.3 Å². The van der Waals surface area contributed by atoms with Crippen molar-refractivity contribution in [3.8, 4) is 0 Å². The summed E-state index contributed by atoms with van der Waals surface area (Å²) in [6, 6.07) is 19.5. The van der Waals surface area contributed by atoms with Crippen LogP contribution in [0.2, 0.25) is 0 Å². The summed E-state index contributed by atoms with van der Waals surface area (Å²) in [4.78, 5) is 14.5. The van der Waals surface area contributed by atoms with Crippen molar-refractivity contribution in [2.45, 2.75) is 6.54 Å². The van der Waals surface area contributed by atoms with Gasteiger partial charge in [0.25, 0.3) is 5.91 Å². The van der Waals surface area contributed by atoms with Crippen molar-refractivity contribution in [3.05, 3.63) is 82.6 Å². The van der Waals surface area contributed by atoms with E-state index in [0.29, 0.717) is 12.1 Å². The Balaban J connectivity index is 1.80. The van der Waals surface area contributed by atoms with E-state index in [4.69, 9.17) is 0 Å². The number of nitrogens with zero attached hydrogens (tertiary/aromatic N) is 1. The highest BCUT2D eigenvalue weighted by atomic mass is 32.1. The van der Waals surface area contributed by atoms with Gasteiger partial charge in [0, 0.05) is 19.3 Å². The molecule has 0 saturated carbocycles. The molecule has 3 aromatic rings. The largest absolute Gasteiger partial charge is 0.355 e. The van der Waals surface area contributed by atoms with Gasteiger partial charge in [-0.3, -0.25) is 4.79 Å². The third-order valence-corrected chi connectivity index (χ3v) is 4.29. The molecule has 0 unspecified atom stereocenters. The standard InChI is InChI=1S/C19H18N2OS/c1-21(13-15-11-12-23-14-15)19(22)17-9-5-6-10-18(17)20-16-7-3-2-4-8-16/h2-12,14,20H,13H2,1H3. The lowest BCUT2D eigenvalue weighted by molar-refractivity contribution is 0.0786. The lowest BCUT2D eigenvalue weighted by atomic mass is 10.1. The Bertz CT molecular complexity index is 769. The van der Waals surface area contributed by atoms with Crippen LogP contribution in [-0.2, 0) is 6.54 Å². The minimum Gasteiger partial charge on any atom is -0.355 e. The first kappa shape index (κ1) is 15.3. The zero-order chi connectivity index (χ0) is 16.1. The lowest BCUT2D eigenvalue weighted by Gasteiger charge is -2.19. The van der Waals surface area contributed by atoms with Crippen LogP contribution in [0, 0.1) is 0 Å². The number of para-hydroxylation sites is 2. The van der Waals surface area contributed by atoms with Gasteiger partial charge >= 0.3 is 0 Å². The highest BCUT2D eigenvalue weighted by molar-refractivity contribution is 7.07. The molecule has 0 aliphatic heterocycles. The summed E-state index contributed by atoms with van der Waals surface area (Å²) >= 11 is 1.64. The Morgan fingerprint density at radius 1 is 1.04 bits per heavy atom. The van der Waals surface area contributed by atoms with Crippen molar-refractivity contribution in [1.29, 1.82) is 0 Å². The molecule has 1 N–H and O–H groups in total. The summed E-state index contributed by atoms with van der Waals surface area (Å²) in [6.07, 6.45) is 0. The van der Waals surface area contributed by atoms with Gasteiger partial charge in [0.1, 0.15) is 0 Å². The van der Waals surface area contributed by atoms with E-state index in [0.717, 1.165) is 16.9 Å². The first-order valence-electron chi connectivity index (χ1n) is 7.41. The van der Waals surface area contributed by atoms with E-state index in [1.807, 2.05) is 73.1 Å². The normalized spacial score (nSPS) is 10.3. The van der Waals surface area contributed by atoms with Crippen molar-refractivity contribution in [1.82, 2.24) is 4.90 Å². The molecule has 3 nitrogen and oxygen atoms in total. The van der Waals surface area contributed by atoms with Gasteiger partial charge < -0.3 is 10.2 Å². The van der Waals surface area contributed by atoms with E-state index in [-0.39, 0.29) is 5.91 Å². The van der Waals surface area contributed by atoms with E-state index >= 15 is 0 Å². The fourth-order valence-corrected chi connectivity index (χ4v) is 3.05. The fraction of sp³-hybridized carbons (Fsp3) is 0.105. The second kappa shape index (κ2) is 7.11. The highest BCUT2D eigenvalue weighted by Gasteiger charge is 2.16. The molecule has 0 aliphatic carbocycles. The van der Waals surface area contributed by atoms with Crippen LogP contribution in [0.1, 0.15) is 15.9 Å².